The van der Waals surface area contributed by atoms with E-state index < -0.39 is 10.9 Å². The molecule has 1 aromatic heterocycles. The number of carboxylic acid groups (broad SMARTS) is 1. The molecule has 1 N–H and O–H groups in total. The van der Waals surface area contributed by atoms with Gasteiger partial charge in [0.05, 0.1) is 4.92 Å². The molecule has 0 saturated carbocycles. The molecular weight excluding hydrogens is 276 g/mol. The van der Waals surface area contributed by atoms with Crippen LogP contribution < -0.4 is 4.90 Å². The van der Waals surface area contributed by atoms with E-state index in [1.54, 1.807) is 11.0 Å². The van der Waals surface area contributed by atoms with Crippen LogP contribution in [0.5, 0.6) is 0 Å². The van der Waals surface area contributed by atoms with Gasteiger partial charge in [-0.25, -0.2) is 4.98 Å². The van der Waals surface area contributed by atoms with Gasteiger partial charge in [-0.15, -0.1) is 0 Å². The molecule has 1 aromatic rings. The molecule has 1 saturated heterocycles. The minimum absolute atomic E-state index is 0.0161. The van der Waals surface area contributed by atoms with Gasteiger partial charge in [-0.05, 0) is 24.8 Å². The maximum atomic E-state index is 11.2. The van der Waals surface area contributed by atoms with Crippen molar-refractivity contribution in [3.63, 3.8) is 0 Å². The fourth-order valence-corrected chi connectivity index (χ4v) is 2.54. The Labute approximate surface area is 120 Å². The summed E-state index contributed by atoms with van der Waals surface area (Å²) in [5.41, 5.74) is -0.297. The number of pyridine rings is 1. The molecule has 0 bridgehead atoms. The first-order valence-electron chi connectivity index (χ1n) is 6.53. The number of nitriles is 1. The maximum Gasteiger partial charge on any atom is 0.329 e. The van der Waals surface area contributed by atoms with E-state index in [9.17, 15) is 14.9 Å². The van der Waals surface area contributed by atoms with Crippen LogP contribution >= 0.6 is 0 Å². The summed E-state index contributed by atoms with van der Waals surface area (Å²) in [5.74, 6) is -0.561. The van der Waals surface area contributed by atoms with E-state index in [4.69, 9.17) is 10.4 Å². The fraction of sp³-hybridized carbons (Fsp3) is 0.462. The Hall–Kier alpha value is -2.69. The van der Waals surface area contributed by atoms with Crippen molar-refractivity contribution in [2.75, 3.05) is 18.0 Å². The van der Waals surface area contributed by atoms with Gasteiger partial charge in [-0.2, -0.15) is 5.26 Å². The van der Waals surface area contributed by atoms with Gasteiger partial charge in [-0.1, -0.05) is 0 Å². The smallest absolute Gasteiger partial charge is 0.329 e. The Balaban J connectivity index is 2.19. The number of hydrogen-bond donors (Lipinski definition) is 1. The highest BCUT2D eigenvalue weighted by molar-refractivity contribution is 5.67. The van der Waals surface area contributed by atoms with Crippen molar-refractivity contribution in [2.45, 2.75) is 19.3 Å². The Kier molecular flexibility index (Phi) is 4.33. The average Bonchev–Trinajstić information content (AvgIpc) is 2.46. The first-order chi connectivity index (χ1) is 10.0. The van der Waals surface area contributed by atoms with Crippen LogP contribution in [0.25, 0.3) is 0 Å². The average molecular weight is 290 g/mol. The van der Waals surface area contributed by atoms with Crippen LogP contribution in [-0.2, 0) is 4.79 Å². The van der Waals surface area contributed by atoms with Gasteiger partial charge < -0.3 is 10.0 Å². The van der Waals surface area contributed by atoms with Crippen molar-refractivity contribution in [1.82, 2.24) is 4.98 Å². The molecule has 1 fully saturated rings. The lowest BCUT2D eigenvalue weighted by atomic mass is 9.93. The molecule has 0 radical (unpaired) electrons. The monoisotopic (exact) mass is 290 g/mol. The minimum Gasteiger partial charge on any atom is -0.481 e. The molecule has 0 atom stereocenters. The third-order valence-electron chi connectivity index (χ3n) is 3.59. The molecule has 8 nitrogen and oxygen atoms in total. The van der Waals surface area contributed by atoms with Gasteiger partial charge in [0.15, 0.2) is 0 Å². The van der Waals surface area contributed by atoms with Gasteiger partial charge in [0, 0.05) is 25.7 Å². The Bertz CT molecular complexity index is 603. The summed E-state index contributed by atoms with van der Waals surface area (Å²) < 4.78 is 0. The number of carboxylic acids is 1. The third-order valence-corrected chi connectivity index (χ3v) is 3.59. The predicted molar refractivity (Wildman–Crippen MR) is 72.8 cm³/mol. The van der Waals surface area contributed by atoms with Gasteiger partial charge in [-0.3, -0.25) is 14.9 Å². The van der Waals surface area contributed by atoms with Crippen molar-refractivity contribution in [3.8, 4) is 6.07 Å². The second-order valence-electron chi connectivity index (χ2n) is 4.93. The first-order valence-corrected chi connectivity index (χ1v) is 6.53. The number of aromatic nitrogens is 1. The lowest BCUT2D eigenvalue weighted by Gasteiger charge is -2.31. The SMILES string of the molecule is N#Cc1ccnc(N2CCC(CC(=O)O)CC2)c1[N+](=O)[O-]. The second kappa shape index (κ2) is 6.17. The molecule has 0 aromatic carbocycles. The molecule has 0 aliphatic carbocycles. The van der Waals surface area contributed by atoms with E-state index in [0.29, 0.717) is 25.9 Å². The number of nitro groups is 1. The van der Waals surface area contributed by atoms with Crippen molar-refractivity contribution in [2.24, 2.45) is 5.92 Å². The topological polar surface area (TPSA) is 120 Å². The maximum absolute atomic E-state index is 11.2. The number of anilines is 1. The molecule has 2 rings (SSSR count). The van der Waals surface area contributed by atoms with Crippen molar-refractivity contribution in [1.29, 1.82) is 5.26 Å². The highest BCUT2D eigenvalue weighted by atomic mass is 16.6. The fourth-order valence-electron chi connectivity index (χ4n) is 2.54. The molecule has 110 valence electrons. The highest BCUT2D eigenvalue weighted by Gasteiger charge is 2.29. The normalized spacial score (nSPS) is 15.5. The standard InChI is InChI=1S/C13H14N4O4/c14-8-10-1-4-15-13(12(10)17(20)21)16-5-2-9(3-6-16)7-11(18)19/h1,4,9H,2-3,5-7H2,(H,18,19). The van der Waals surface area contributed by atoms with Crippen LogP contribution in [0.1, 0.15) is 24.8 Å². The Morgan fingerprint density at radius 1 is 1.57 bits per heavy atom. The number of piperidine rings is 1. The molecule has 2 heterocycles. The largest absolute Gasteiger partial charge is 0.481 e. The number of rotatable bonds is 4. The highest BCUT2D eigenvalue weighted by Crippen LogP contribution is 2.32. The lowest BCUT2D eigenvalue weighted by molar-refractivity contribution is -0.384. The summed E-state index contributed by atoms with van der Waals surface area (Å²) in [6, 6.07) is 3.12. The van der Waals surface area contributed by atoms with Crippen LogP contribution in [-0.4, -0.2) is 34.1 Å². The number of hydrogen-bond acceptors (Lipinski definition) is 6. The summed E-state index contributed by atoms with van der Waals surface area (Å²) >= 11 is 0. The molecule has 0 unspecified atom stereocenters. The minimum atomic E-state index is -0.830. The first kappa shape index (κ1) is 14.7. The number of carbonyl (C=O) groups is 1. The Morgan fingerprint density at radius 3 is 2.76 bits per heavy atom. The van der Waals surface area contributed by atoms with Gasteiger partial charge in [0.1, 0.15) is 11.6 Å². The zero-order valence-corrected chi connectivity index (χ0v) is 11.2. The number of nitrogens with zero attached hydrogens (tertiary/aromatic N) is 4. The van der Waals surface area contributed by atoms with Crippen LogP contribution in [0.4, 0.5) is 11.5 Å². The molecular formula is C13H14N4O4. The van der Waals surface area contributed by atoms with Crippen molar-refractivity contribution < 1.29 is 14.8 Å². The number of aliphatic carboxylic acids is 1. The van der Waals surface area contributed by atoms with Gasteiger partial charge >= 0.3 is 11.7 Å². The van der Waals surface area contributed by atoms with Crippen molar-refractivity contribution >= 4 is 17.5 Å². The van der Waals surface area contributed by atoms with Gasteiger partial charge in [0.2, 0.25) is 5.82 Å². The zero-order valence-electron chi connectivity index (χ0n) is 11.2. The van der Waals surface area contributed by atoms with Gasteiger partial charge in [0.25, 0.3) is 0 Å². The molecule has 1 aliphatic heterocycles. The molecule has 1 aliphatic rings. The summed E-state index contributed by atoms with van der Waals surface area (Å²) in [6.07, 6.45) is 2.77. The van der Waals surface area contributed by atoms with E-state index in [1.807, 2.05) is 0 Å². The van der Waals surface area contributed by atoms with E-state index in [-0.39, 0.29) is 29.4 Å². The Morgan fingerprint density at radius 2 is 2.24 bits per heavy atom. The summed E-state index contributed by atoms with van der Waals surface area (Å²) in [7, 11) is 0. The lowest BCUT2D eigenvalue weighted by Crippen LogP contribution is -2.35. The third kappa shape index (κ3) is 3.25. The van der Waals surface area contributed by atoms with Crippen LogP contribution in [0.2, 0.25) is 0 Å². The molecule has 21 heavy (non-hydrogen) atoms. The van der Waals surface area contributed by atoms with Crippen LogP contribution in [0.15, 0.2) is 12.3 Å². The summed E-state index contributed by atoms with van der Waals surface area (Å²) in [5, 5.41) is 28.9. The van der Waals surface area contributed by atoms with Crippen molar-refractivity contribution in [3.05, 3.63) is 27.9 Å². The van der Waals surface area contributed by atoms with Crippen LogP contribution in [0.3, 0.4) is 0 Å². The van der Waals surface area contributed by atoms with E-state index in [1.165, 1.54) is 12.3 Å². The quantitative estimate of drug-likeness (QED) is 0.659. The molecule has 0 spiro atoms. The summed E-state index contributed by atoms with van der Waals surface area (Å²) in [4.78, 5) is 27.0. The molecule has 0 amide bonds. The van der Waals surface area contributed by atoms with E-state index in [2.05, 4.69) is 4.98 Å². The second-order valence-corrected chi connectivity index (χ2v) is 4.93. The molecule has 8 heteroatoms. The zero-order chi connectivity index (χ0) is 15.4. The van der Waals surface area contributed by atoms with E-state index >= 15 is 0 Å². The van der Waals surface area contributed by atoms with Crippen LogP contribution in [0, 0.1) is 27.4 Å². The van der Waals surface area contributed by atoms with E-state index in [0.717, 1.165) is 0 Å². The predicted octanol–water partition coefficient (Wildman–Crippen LogP) is 1.55. The summed E-state index contributed by atoms with van der Waals surface area (Å²) in [6.45, 7) is 1.00.